The molecule has 0 atom stereocenters. The molecule has 1 fully saturated rings. The van der Waals surface area contributed by atoms with Gasteiger partial charge in [0, 0.05) is 17.6 Å². The highest BCUT2D eigenvalue weighted by atomic mass is 35.5. The molecule has 0 unspecified atom stereocenters. The van der Waals surface area contributed by atoms with E-state index in [0.29, 0.717) is 22.4 Å². The number of ether oxygens (including phenoxy) is 1. The van der Waals surface area contributed by atoms with Crippen molar-refractivity contribution in [1.29, 1.82) is 0 Å². The lowest BCUT2D eigenvalue weighted by molar-refractivity contribution is -0.123. The molecule has 2 rings (SSSR count). The molecule has 4 nitrogen and oxygen atoms in total. The average Bonchev–Trinajstić information content (AvgIpc) is 3.11. The smallest absolute Gasteiger partial charge is 0.257 e. The van der Waals surface area contributed by atoms with Gasteiger partial charge >= 0.3 is 0 Å². The fourth-order valence-electron chi connectivity index (χ4n) is 1.41. The van der Waals surface area contributed by atoms with Crippen LogP contribution in [0.15, 0.2) is 18.2 Å². The molecule has 1 aromatic carbocycles. The molecule has 5 heteroatoms. The largest absolute Gasteiger partial charge is 0.482 e. The Morgan fingerprint density at radius 3 is 3.00 bits per heavy atom. The summed E-state index contributed by atoms with van der Waals surface area (Å²) in [4.78, 5) is 11.4. The maximum absolute atomic E-state index is 11.4. The van der Waals surface area contributed by atoms with E-state index in [1.165, 1.54) is 12.8 Å². The zero-order chi connectivity index (χ0) is 12.3. The highest BCUT2D eigenvalue weighted by Crippen LogP contribution is 2.27. The van der Waals surface area contributed by atoms with E-state index in [-0.39, 0.29) is 12.5 Å². The van der Waals surface area contributed by atoms with Crippen LogP contribution in [0.4, 0.5) is 5.69 Å². The first-order valence-electron chi connectivity index (χ1n) is 5.59. The van der Waals surface area contributed by atoms with Crippen molar-refractivity contribution in [3.63, 3.8) is 0 Å². The van der Waals surface area contributed by atoms with E-state index in [4.69, 9.17) is 22.1 Å². The number of benzene rings is 1. The number of hydrogen-bond donors (Lipinski definition) is 2. The molecule has 3 N–H and O–H groups in total. The SMILES string of the molecule is Nc1ccc(Cl)cc1OCC(=O)NCC1CC1. The van der Waals surface area contributed by atoms with Gasteiger partial charge in [0.1, 0.15) is 5.75 Å². The standard InChI is InChI=1S/C12H15ClN2O2/c13-9-3-4-10(14)11(5-9)17-7-12(16)15-6-8-1-2-8/h3-5,8H,1-2,6-7,14H2,(H,15,16). The first kappa shape index (κ1) is 12.0. The Balaban J connectivity index is 1.79. The van der Waals surface area contributed by atoms with Crippen molar-refractivity contribution < 1.29 is 9.53 Å². The van der Waals surface area contributed by atoms with E-state index in [9.17, 15) is 4.79 Å². The second-order valence-electron chi connectivity index (χ2n) is 4.22. The molecular weight excluding hydrogens is 240 g/mol. The zero-order valence-corrected chi connectivity index (χ0v) is 10.2. The minimum atomic E-state index is -0.128. The van der Waals surface area contributed by atoms with Gasteiger partial charge in [-0.25, -0.2) is 0 Å². The molecule has 17 heavy (non-hydrogen) atoms. The third-order valence-electron chi connectivity index (χ3n) is 2.62. The molecule has 0 aromatic heterocycles. The Labute approximate surface area is 105 Å². The number of amides is 1. The number of nitrogens with one attached hydrogen (secondary N) is 1. The number of halogens is 1. The van der Waals surface area contributed by atoms with Crippen molar-refractivity contribution in [3.8, 4) is 5.75 Å². The number of nitrogen functional groups attached to an aromatic ring is 1. The lowest BCUT2D eigenvalue weighted by Crippen LogP contribution is -2.30. The van der Waals surface area contributed by atoms with Crippen molar-refractivity contribution in [2.75, 3.05) is 18.9 Å². The van der Waals surface area contributed by atoms with Crippen molar-refractivity contribution in [2.45, 2.75) is 12.8 Å². The van der Waals surface area contributed by atoms with Crippen LogP contribution in [-0.4, -0.2) is 19.1 Å². The van der Waals surface area contributed by atoms with Crippen LogP contribution in [0.3, 0.4) is 0 Å². The van der Waals surface area contributed by atoms with E-state index in [0.717, 1.165) is 6.54 Å². The number of carbonyl (C=O) groups excluding carboxylic acids is 1. The van der Waals surface area contributed by atoms with Crippen molar-refractivity contribution >= 4 is 23.2 Å². The molecule has 1 aliphatic rings. The molecule has 1 aromatic rings. The van der Waals surface area contributed by atoms with Crippen LogP contribution in [0, 0.1) is 5.92 Å². The predicted molar refractivity (Wildman–Crippen MR) is 67.1 cm³/mol. The van der Waals surface area contributed by atoms with Crippen LogP contribution in [0.2, 0.25) is 5.02 Å². The van der Waals surface area contributed by atoms with Crippen LogP contribution < -0.4 is 15.8 Å². The summed E-state index contributed by atoms with van der Waals surface area (Å²) in [5.74, 6) is 0.977. The molecule has 0 spiro atoms. The van der Waals surface area contributed by atoms with E-state index in [2.05, 4.69) is 5.32 Å². The van der Waals surface area contributed by atoms with Gasteiger partial charge in [0.05, 0.1) is 5.69 Å². The number of hydrogen-bond acceptors (Lipinski definition) is 3. The van der Waals surface area contributed by atoms with Crippen LogP contribution in [0.25, 0.3) is 0 Å². The van der Waals surface area contributed by atoms with Gasteiger partial charge in [-0.1, -0.05) is 11.6 Å². The zero-order valence-electron chi connectivity index (χ0n) is 9.41. The molecular formula is C12H15ClN2O2. The summed E-state index contributed by atoms with van der Waals surface area (Å²) in [6, 6.07) is 4.93. The maximum Gasteiger partial charge on any atom is 0.257 e. The van der Waals surface area contributed by atoms with Gasteiger partial charge in [0.15, 0.2) is 6.61 Å². The van der Waals surface area contributed by atoms with Crippen molar-refractivity contribution in [3.05, 3.63) is 23.2 Å². The summed E-state index contributed by atoms with van der Waals surface area (Å²) in [6.45, 7) is 0.713. The lowest BCUT2D eigenvalue weighted by Gasteiger charge is -2.09. The minimum absolute atomic E-state index is 0.0305. The second kappa shape index (κ2) is 5.27. The average molecular weight is 255 g/mol. The van der Waals surface area contributed by atoms with E-state index >= 15 is 0 Å². The van der Waals surface area contributed by atoms with Gasteiger partial charge in [-0.15, -0.1) is 0 Å². The third kappa shape index (κ3) is 3.82. The first-order valence-corrected chi connectivity index (χ1v) is 5.97. The molecule has 1 amide bonds. The van der Waals surface area contributed by atoms with Gasteiger partial charge in [-0.3, -0.25) is 4.79 Å². The Morgan fingerprint density at radius 1 is 1.53 bits per heavy atom. The highest BCUT2D eigenvalue weighted by molar-refractivity contribution is 6.30. The monoisotopic (exact) mass is 254 g/mol. The summed E-state index contributed by atoms with van der Waals surface area (Å²) in [7, 11) is 0. The van der Waals surface area contributed by atoms with Gasteiger partial charge in [0.25, 0.3) is 5.91 Å². The number of anilines is 1. The first-order chi connectivity index (χ1) is 8.15. The van der Waals surface area contributed by atoms with Crippen LogP contribution in [-0.2, 0) is 4.79 Å². The Kier molecular flexibility index (Phi) is 3.74. The molecule has 92 valence electrons. The van der Waals surface area contributed by atoms with Gasteiger partial charge in [-0.05, 0) is 30.9 Å². The molecule has 1 aliphatic carbocycles. The fraction of sp³-hybridized carbons (Fsp3) is 0.417. The Bertz CT molecular complexity index is 419. The molecule has 1 saturated carbocycles. The summed E-state index contributed by atoms with van der Waals surface area (Å²) in [6.07, 6.45) is 2.42. The minimum Gasteiger partial charge on any atom is -0.482 e. The van der Waals surface area contributed by atoms with Crippen LogP contribution in [0.5, 0.6) is 5.75 Å². The van der Waals surface area contributed by atoms with Crippen molar-refractivity contribution in [2.24, 2.45) is 5.92 Å². The maximum atomic E-state index is 11.4. The number of rotatable bonds is 5. The molecule has 0 bridgehead atoms. The Hall–Kier alpha value is -1.42. The van der Waals surface area contributed by atoms with Gasteiger partial charge in [0.2, 0.25) is 0 Å². The number of carbonyl (C=O) groups is 1. The quantitative estimate of drug-likeness (QED) is 0.788. The lowest BCUT2D eigenvalue weighted by atomic mass is 10.3. The molecule has 0 aliphatic heterocycles. The molecule has 0 saturated heterocycles. The van der Waals surface area contributed by atoms with Crippen molar-refractivity contribution in [1.82, 2.24) is 5.32 Å². The van der Waals surface area contributed by atoms with E-state index in [1.54, 1.807) is 18.2 Å². The summed E-state index contributed by atoms with van der Waals surface area (Å²) < 4.78 is 5.31. The summed E-state index contributed by atoms with van der Waals surface area (Å²) >= 11 is 5.81. The molecule has 0 radical (unpaired) electrons. The molecule has 0 heterocycles. The van der Waals surface area contributed by atoms with Gasteiger partial charge in [-0.2, -0.15) is 0 Å². The topological polar surface area (TPSA) is 64.3 Å². The Morgan fingerprint density at radius 2 is 2.29 bits per heavy atom. The summed E-state index contributed by atoms with van der Waals surface area (Å²) in [5.41, 5.74) is 6.17. The number of nitrogens with two attached hydrogens (primary N) is 1. The van der Waals surface area contributed by atoms with E-state index in [1.807, 2.05) is 0 Å². The fourth-order valence-corrected chi connectivity index (χ4v) is 1.57. The van der Waals surface area contributed by atoms with Gasteiger partial charge < -0.3 is 15.8 Å². The normalized spacial score (nSPS) is 14.4. The van der Waals surface area contributed by atoms with E-state index < -0.39 is 0 Å². The van der Waals surface area contributed by atoms with Crippen LogP contribution in [0.1, 0.15) is 12.8 Å². The summed E-state index contributed by atoms with van der Waals surface area (Å²) in [5, 5.41) is 3.35. The predicted octanol–water partition coefficient (Wildman–Crippen LogP) is 1.83. The highest BCUT2D eigenvalue weighted by Gasteiger charge is 2.21. The van der Waals surface area contributed by atoms with Crippen LogP contribution >= 0.6 is 11.6 Å². The third-order valence-corrected chi connectivity index (χ3v) is 2.85. The second-order valence-corrected chi connectivity index (χ2v) is 4.65.